The van der Waals surface area contributed by atoms with Crippen LogP contribution in [-0.2, 0) is 24.2 Å². The van der Waals surface area contributed by atoms with Gasteiger partial charge in [0.05, 0.1) is 25.2 Å². The smallest absolute Gasteiger partial charge is 0.331 e. The molecule has 2 aliphatic rings. The van der Waals surface area contributed by atoms with Gasteiger partial charge in [-0.25, -0.2) is 18.7 Å². The maximum absolute atomic E-state index is 13.6. The zero-order valence-corrected chi connectivity index (χ0v) is 24.5. The minimum Gasteiger partial charge on any atom is -0.497 e. The van der Waals surface area contributed by atoms with Crippen LogP contribution in [0.3, 0.4) is 0 Å². The van der Waals surface area contributed by atoms with E-state index >= 15 is 0 Å². The SMILES string of the molecule is COCCN1CCC(C(=O)NO)(S(=O)(=O)c2ccc(OCCCN3C(=O)CN(c4ccc(OC)cc4)C3=O)cc2)CC1. The van der Waals surface area contributed by atoms with Crippen LogP contribution < -0.4 is 19.9 Å². The third kappa shape index (κ3) is 6.36. The van der Waals surface area contributed by atoms with Crippen LogP contribution in [0.1, 0.15) is 19.3 Å². The second-order valence-electron chi connectivity index (χ2n) is 10.1. The van der Waals surface area contributed by atoms with E-state index in [1.54, 1.807) is 44.0 Å². The van der Waals surface area contributed by atoms with E-state index in [4.69, 9.17) is 14.2 Å². The number of urea groups is 1. The number of hydrogen-bond donors (Lipinski definition) is 2. The molecule has 2 N–H and O–H groups in total. The van der Waals surface area contributed by atoms with Gasteiger partial charge < -0.3 is 19.1 Å². The number of sulfone groups is 1. The third-order valence-electron chi connectivity index (χ3n) is 7.67. The first kappa shape index (κ1) is 31.2. The van der Waals surface area contributed by atoms with Gasteiger partial charge in [0.1, 0.15) is 18.0 Å². The Kier molecular flexibility index (Phi) is 10.0. The molecular formula is C28H36N4O9S. The van der Waals surface area contributed by atoms with Gasteiger partial charge in [-0.3, -0.25) is 24.6 Å². The minimum absolute atomic E-state index is 0.0214. The number of amides is 4. The largest absolute Gasteiger partial charge is 0.497 e. The zero-order chi connectivity index (χ0) is 30.3. The number of rotatable bonds is 13. The van der Waals surface area contributed by atoms with Crippen molar-refractivity contribution >= 4 is 33.4 Å². The van der Waals surface area contributed by atoms with E-state index < -0.39 is 26.5 Å². The molecule has 2 saturated heterocycles. The molecule has 2 fully saturated rings. The van der Waals surface area contributed by atoms with Crippen molar-refractivity contribution in [3.63, 3.8) is 0 Å². The Morgan fingerprint density at radius 1 is 0.952 bits per heavy atom. The van der Waals surface area contributed by atoms with E-state index in [0.717, 1.165) is 0 Å². The van der Waals surface area contributed by atoms with Crippen molar-refractivity contribution in [3.8, 4) is 11.5 Å². The molecule has 13 nitrogen and oxygen atoms in total. The lowest BCUT2D eigenvalue weighted by atomic mass is 9.95. The topological polar surface area (TPSA) is 155 Å². The minimum atomic E-state index is -4.16. The molecule has 2 aromatic carbocycles. The first-order chi connectivity index (χ1) is 20.2. The van der Waals surface area contributed by atoms with Crippen LogP contribution in [0.15, 0.2) is 53.4 Å². The zero-order valence-electron chi connectivity index (χ0n) is 23.7. The van der Waals surface area contributed by atoms with Gasteiger partial charge in [0, 0.05) is 39.0 Å². The Bertz CT molecular complexity index is 1360. The van der Waals surface area contributed by atoms with Crippen LogP contribution in [0, 0.1) is 0 Å². The summed E-state index contributed by atoms with van der Waals surface area (Å²) in [5.74, 6) is -0.227. The van der Waals surface area contributed by atoms with E-state index in [1.165, 1.54) is 34.1 Å². The molecule has 0 spiro atoms. The molecule has 0 aromatic heterocycles. The first-order valence-electron chi connectivity index (χ1n) is 13.6. The van der Waals surface area contributed by atoms with Gasteiger partial charge in [-0.1, -0.05) is 0 Å². The van der Waals surface area contributed by atoms with E-state index in [0.29, 0.717) is 49.8 Å². The average Bonchev–Trinajstić information content (AvgIpc) is 3.30. The number of nitrogens with zero attached hydrogens (tertiary/aromatic N) is 3. The van der Waals surface area contributed by atoms with Crippen LogP contribution in [0.4, 0.5) is 10.5 Å². The lowest BCUT2D eigenvalue weighted by Gasteiger charge is -2.39. The fourth-order valence-corrected chi connectivity index (χ4v) is 7.11. The van der Waals surface area contributed by atoms with Crippen LogP contribution in [-0.4, -0.2) is 106 Å². The maximum atomic E-state index is 13.6. The Morgan fingerprint density at radius 2 is 1.60 bits per heavy atom. The number of ether oxygens (including phenoxy) is 3. The third-order valence-corrected chi connectivity index (χ3v) is 10.2. The van der Waals surface area contributed by atoms with Gasteiger partial charge in [-0.2, -0.15) is 0 Å². The van der Waals surface area contributed by atoms with Gasteiger partial charge in [-0.05, 0) is 67.8 Å². The van der Waals surface area contributed by atoms with E-state index in [-0.39, 0.29) is 43.3 Å². The second-order valence-corrected chi connectivity index (χ2v) is 12.3. The van der Waals surface area contributed by atoms with Crippen molar-refractivity contribution in [1.82, 2.24) is 15.3 Å². The Labute approximate surface area is 244 Å². The lowest BCUT2D eigenvalue weighted by molar-refractivity contribution is -0.133. The summed E-state index contributed by atoms with van der Waals surface area (Å²) in [6.07, 6.45) is 0.411. The fraction of sp³-hybridized carbons (Fsp3) is 0.464. The van der Waals surface area contributed by atoms with Crippen molar-refractivity contribution in [1.29, 1.82) is 0 Å². The predicted molar refractivity (Wildman–Crippen MR) is 151 cm³/mol. The molecule has 0 bridgehead atoms. The van der Waals surface area contributed by atoms with Crippen LogP contribution >= 0.6 is 0 Å². The molecule has 4 amide bonds. The van der Waals surface area contributed by atoms with Crippen molar-refractivity contribution in [2.75, 3.05) is 65.1 Å². The summed E-state index contributed by atoms with van der Waals surface area (Å²) in [5, 5.41) is 9.37. The number of benzene rings is 2. The molecule has 14 heteroatoms. The molecule has 2 aromatic rings. The molecule has 4 rings (SSSR count). The summed E-state index contributed by atoms with van der Waals surface area (Å²) >= 11 is 0. The van der Waals surface area contributed by atoms with Crippen molar-refractivity contribution in [3.05, 3.63) is 48.5 Å². The number of likely N-dealkylation sites (tertiary alicyclic amines) is 1. The predicted octanol–water partition coefficient (Wildman–Crippen LogP) is 1.69. The number of methoxy groups -OCH3 is 2. The number of carbonyl (C=O) groups is 3. The van der Waals surface area contributed by atoms with Gasteiger partial charge in [0.15, 0.2) is 14.6 Å². The number of carbonyl (C=O) groups excluding carboxylic acids is 3. The molecule has 42 heavy (non-hydrogen) atoms. The van der Waals surface area contributed by atoms with Crippen molar-refractivity contribution in [2.24, 2.45) is 0 Å². The highest BCUT2D eigenvalue weighted by molar-refractivity contribution is 7.93. The highest BCUT2D eigenvalue weighted by Crippen LogP contribution is 2.36. The highest BCUT2D eigenvalue weighted by atomic mass is 32.2. The Morgan fingerprint density at radius 3 is 2.19 bits per heavy atom. The van der Waals surface area contributed by atoms with Crippen LogP contribution in [0.2, 0.25) is 0 Å². The number of imide groups is 1. The van der Waals surface area contributed by atoms with Crippen molar-refractivity contribution in [2.45, 2.75) is 28.9 Å². The molecule has 2 aliphatic heterocycles. The molecule has 2 heterocycles. The normalized spacial score (nSPS) is 17.4. The number of nitrogens with one attached hydrogen (secondary N) is 1. The number of anilines is 1. The fourth-order valence-electron chi connectivity index (χ4n) is 5.16. The van der Waals surface area contributed by atoms with Gasteiger partial charge >= 0.3 is 6.03 Å². The van der Waals surface area contributed by atoms with Gasteiger partial charge in [-0.15, -0.1) is 0 Å². The quantitative estimate of drug-likeness (QED) is 0.149. The molecule has 0 aliphatic carbocycles. The Balaban J connectivity index is 1.33. The molecule has 0 saturated carbocycles. The molecule has 0 unspecified atom stereocenters. The van der Waals surface area contributed by atoms with Crippen molar-refractivity contribution < 1.29 is 42.2 Å². The summed E-state index contributed by atoms with van der Waals surface area (Å²) in [5.41, 5.74) is 2.15. The summed E-state index contributed by atoms with van der Waals surface area (Å²) in [6, 6.07) is 12.2. The summed E-state index contributed by atoms with van der Waals surface area (Å²) in [7, 11) is -1.03. The van der Waals surface area contributed by atoms with Crippen LogP contribution in [0.5, 0.6) is 11.5 Å². The van der Waals surface area contributed by atoms with E-state index in [2.05, 4.69) is 0 Å². The van der Waals surface area contributed by atoms with Crippen LogP contribution in [0.25, 0.3) is 0 Å². The standard InChI is InChI=1S/C28H36N4O9S/c1-39-19-17-30-15-12-28(13-16-30,26(34)29-36)42(37,38)24-10-8-23(9-11-24)41-18-3-14-31-25(33)20-32(27(31)35)21-4-6-22(40-2)7-5-21/h4-11,36H,3,12-20H2,1-2H3,(H,29,34). The number of hydroxylamine groups is 1. The number of piperidine rings is 1. The molecule has 228 valence electrons. The van der Waals surface area contributed by atoms with E-state index in [1.807, 2.05) is 4.90 Å². The maximum Gasteiger partial charge on any atom is 0.331 e. The monoisotopic (exact) mass is 604 g/mol. The lowest BCUT2D eigenvalue weighted by Crippen LogP contribution is -2.57. The number of hydrogen-bond acceptors (Lipinski definition) is 10. The summed E-state index contributed by atoms with van der Waals surface area (Å²) < 4.78 is 41.4. The summed E-state index contributed by atoms with van der Waals surface area (Å²) in [6.45, 7) is 2.11. The molecule has 0 radical (unpaired) electrons. The Hall–Kier alpha value is -3.72. The highest BCUT2D eigenvalue weighted by Gasteiger charge is 2.52. The van der Waals surface area contributed by atoms with E-state index in [9.17, 15) is 28.0 Å². The average molecular weight is 605 g/mol. The first-order valence-corrected chi connectivity index (χ1v) is 15.0. The second kappa shape index (κ2) is 13.5. The molecular weight excluding hydrogens is 568 g/mol. The van der Waals surface area contributed by atoms with Gasteiger partial charge in [0.2, 0.25) is 0 Å². The van der Waals surface area contributed by atoms with Gasteiger partial charge in [0.25, 0.3) is 11.8 Å². The summed E-state index contributed by atoms with van der Waals surface area (Å²) in [4.78, 5) is 42.5. The molecule has 0 atom stereocenters.